The average Bonchev–Trinajstić information content (AvgIpc) is 2.66. The number of benzene rings is 2. The summed E-state index contributed by atoms with van der Waals surface area (Å²) in [6.07, 6.45) is 0.320. The van der Waals surface area contributed by atoms with E-state index in [0.717, 1.165) is 16.2 Å². The molecule has 0 saturated carbocycles. The zero-order chi connectivity index (χ0) is 18.1. The first kappa shape index (κ1) is 18.8. The summed E-state index contributed by atoms with van der Waals surface area (Å²) in [5.41, 5.74) is 1.90. The van der Waals surface area contributed by atoms with Crippen LogP contribution in [0.4, 0.5) is 0 Å². The Hall–Kier alpha value is -2.50. The van der Waals surface area contributed by atoms with Crippen LogP contribution in [0.1, 0.15) is 11.1 Å². The van der Waals surface area contributed by atoms with Crippen LogP contribution in [0.2, 0.25) is 0 Å². The number of ether oxygens (including phenoxy) is 1. The monoisotopic (exact) mass is 341 g/mol. The van der Waals surface area contributed by atoms with E-state index in [2.05, 4.69) is 0 Å². The number of carbonyl (C=O) groups excluding carboxylic acids is 2. The number of nitrogens with zero attached hydrogens (tertiary/aromatic N) is 1. The van der Waals surface area contributed by atoms with Gasteiger partial charge in [0.05, 0.1) is 13.7 Å². The lowest BCUT2D eigenvalue weighted by Gasteiger charge is -2.21. The van der Waals surface area contributed by atoms with Crippen molar-refractivity contribution in [1.82, 2.24) is 5.06 Å². The van der Waals surface area contributed by atoms with Crippen LogP contribution >= 0.6 is 0 Å². The SMILES string of the molecule is CON(C)C(=O)C(Cc1ccccc1)C(=O)COCc1ccccc1. The highest BCUT2D eigenvalue weighted by Gasteiger charge is 2.29. The third kappa shape index (κ3) is 5.81. The molecule has 0 aliphatic rings. The van der Waals surface area contributed by atoms with Crippen LogP contribution in [0.15, 0.2) is 60.7 Å². The molecule has 0 fully saturated rings. The third-order valence-corrected chi connectivity index (χ3v) is 3.91. The minimum absolute atomic E-state index is 0.115. The van der Waals surface area contributed by atoms with E-state index in [0.29, 0.717) is 13.0 Å². The fraction of sp³-hybridized carbons (Fsp3) is 0.300. The van der Waals surface area contributed by atoms with Crippen LogP contribution < -0.4 is 0 Å². The lowest BCUT2D eigenvalue weighted by Crippen LogP contribution is -2.39. The van der Waals surface area contributed by atoms with Gasteiger partial charge in [0.15, 0.2) is 5.78 Å². The van der Waals surface area contributed by atoms with E-state index >= 15 is 0 Å². The van der Waals surface area contributed by atoms with Crippen LogP contribution in [-0.4, -0.2) is 37.5 Å². The molecule has 2 rings (SSSR count). The molecule has 0 bridgehead atoms. The van der Waals surface area contributed by atoms with Crippen molar-refractivity contribution < 1.29 is 19.2 Å². The Morgan fingerprint density at radius 3 is 2.08 bits per heavy atom. The fourth-order valence-electron chi connectivity index (χ4n) is 2.44. The largest absolute Gasteiger partial charge is 0.369 e. The molecular formula is C20H23NO4. The van der Waals surface area contributed by atoms with E-state index in [9.17, 15) is 9.59 Å². The fourth-order valence-corrected chi connectivity index (χ4v) is 2.44. The highest BCUT2D eigenvalue weighted by Crippen LogP contribution is 2.14. The normalized spacial score (nSPS) is 11.8. The number of rotatable bonds is 9. The second-order valence-electron chi connectivity index (χ2n) is 5.71. The van der Waals surface area contributed by atoms with Crippen LogP contribution in [0, 0.1) is 5.92 Å². The molecule has 1 amide bonds. The van der Waals surface area contributed by atoms with E-state index in [-0.39, 0.29) is 18.3 Å². The van der Waals surface area contributed by atoms with Gasteiger partial charge in [0.25, 0.3) is 5.91 Å². The van der Waals surface area contributed by atoms with E-state index in [1.165, 1.54) is 14.2 Å². The molecule has 0 saturated heterocycles. The van der Waals surface area contributed by atoms with Crippen LogP contribution in [0.25, 0.3) is 0 Å². The molecule has 25 heavy (non-hydrogen) atoms. The molecule has 2 aromatic rings. The molecule has 1 unspecified atom stereocenters. The number of Topliss-reactive ketones (excluding diaryl/α,β-unsaturated/α-hetero) is 1. The second-order valence-corrected chi connectivity index (χ2v) is 5.71. The summed E-state index contributed by atoms with van der Waals surface area (Å²) >= 11 is 0. The number of amides is 1. The second kappa shape index (κ2) is 9.71. The Kier molecular flexibility index (Phi) is 7.32. The van der Waals surface area contributed by atoms with Gasteiger partial charge in [-0.2, -0.15) is 0 Å². The van der Waals surface area contributed by atoms with Crippen molar-refractivity contribution in [2.45, 2.75) is 13.0 Å². The Morgan fingerprint density at radius 1 is 0.960 bits per heavy atom. The predicted octanol–water partition coefficient (Wildman–Crippen LogP) is 2.65. The van der Waals surface area contributed by atoms with E-state index in [1.807, 2.05) is 60.7 Å². The van der Waals surface area contributed by atoms with Crippen molar-refractivity contribution in [3.8, 4) is 0 Å². The topological polar surface area (TPSA) is 55.8 Å². The molecule has 5 heteroatoms. The molecule has 0 aliphatic heterocycles. The minimum Gasteiger partial charge on any atom is -0.369 e. The quantitative estimate of drug-likeness (QED) is 0.520. The standard InChI is InChI=1S/C20H23NO4/c1-21(24-2)20(23)18(13-16-9-5-3-6-10-16)19(22)15-25-14-17-11-7-4-8-12-17/h3-12,18H,13-15H2,1-2H3. The summed E-state index contributed by atoms with van der Waals surface area (Å²) in [6, 6.07) is 19.0. The molecule has 0 spiro atoms. The lowest BCUT2D eigenvalue weighted by molar-refractivity contribution is -0.175. The number of hydrogen-bond donors (Lipinski definition) is 0. The van der Waals surface area contributed by atoms with Gasteiger partial charge in [0.1, 0.15) is 12.5 Å². The van der Waals surface area contributed by atoms with E-state index in [1.54, 1.807) is 0 Å². The Balaban J connectivity index is 2.00. The van der Waals surface area contributed by atoms with Crippen molar-refractivity contribution in [2.75, 3.05) is 20.8 Å². The van der Waals surface area contributed by atoms with Gasteiger partial charge in [-0.3, -0.25) is 14.4 Å². The smallest absolute Gasteiger partial charge is 0.256 e. The maximum Gasteiger partial charge on any atom is 0.256 e. The maximum atomic E-state index is 12.6. The predicted molar refractivity (Wildman–Crippen MR) is 94.5 cm³/mol. The molecule has 5 nitrogen and oxygen atoms in total. The molecule has 0 heterocycles. The zero-order valence-electron chi connectivity index (χ0n) is 14.6. The molecule has 2 aromatic carbocycles. The van der Waals surface area contributed by atoms with Gasteiger partial charge in [-0.15, -0.1) is 0 Å². The van der Waals surface area contributed by atoms with Gasteiger partial charge in [-0.1, -0.05) is 60.7 Å². The van der Waals surface area contributed by atoms with Crippen LogP contribution in [0.3, 0.4) is 0 Å². The Morgan fingerprint density at radius 2 is 1.52 bits per heavy atom. The number of ketones is 1. The molecule has 132 valence electrons. The lowest BCUT2D eigenvalue weighted by atomic mass is 9.94. The van der Waals surface area contributed by atoms with Crippen molar-refractivity contribution in [3.05, 3.63) is 71.8 Å². The first-order chi connectivity index (χ1) is 12.1. The van der Waals surface area contributed by atoms with Crippen LogP contribution in [0.5, 0.6) is 0 Å². The number of hydrogen-bond acceptors (Lipinski definition) is 4. The van der Waals surface area contributed by atoms with Crippen molar-refractivity contribution in [1.29, 1.82) is 0 Å². The van der Waals surface area contributed by atoms with Gasteiger partial charge in [0.2, 0.25) is 0 Å². The minimum atomic E-state index is -0.830. The van der Waals surface area contributed by atoms with Gasteiger partial charge in [-0.05, 0) is 17.5 Å². The van der Waals surface area contributed by atoms with Gasteiger partial charge in [-0.25, -0.2) is 5.06 Å². The highest BCUT2D eigenvalue weighted by atomic mass is 16.7. The molecule has 0 radical (unpaired) electrons. The summed E-state index contributed by atoms with van der Waals surface area (Å²) < 4.78 is 5.50. The highest BCUT2D eigenvalue weighted by molar-refractivity contribution is 6.01. The first-order valence-corrected chi connectivity index (χ1v) is 8.11. The molecule has 1 atom stereocenters. The Bertz CT molecular complexity index is 673. The molecule has 0 aliphatic carbocycles. The van der Waals surface area contributed by atoms with Crippen molar-refractivity contribution in [3.63, 3.8) is 0 Å². The number of hydroxylamine groups is 2. The molecular weight excluding hydrogens is 318 g/mol. The first-order valence-electron chi connectivity index (χ1n) is 8.11. The van der Waals surface area contributed by atoms with Gasteiger partial charge < -0.3 is 4.74 Å². The molecule has 0 N–H and O–H groups in total. The summed E-state index contributed by atoms with van der Waals surface area (Å²) in [5.74, 6) is -1.46. The van der Waals surface area contributed by atoms with Crippen molar-refractivity contribution >= 4 is 11.7 Å². The average molecular weight is 341 g/mol. The summed E-state index contributed by atoms with van der Waals surface area (Å²) in [6.45, 7) is 0.217. The van der Waals surface area contributed by atoms with Gasteiger partial charge >= 0.3 is 0 Å². The van der Waals surface area contributed by atoms with Crippen LogP contribution in [-0.2, 0) is 32.2 Å². The van der Waals surface area contributed by atoms with E-state index in [4.69, 9.17) is 9.57 Å². The third-order valence-electron chi connectivity index (χ3n) is 3.91. The Labute approximate surface area is 148 Å². The number of carbonyl (C=O) groups is 2. The summed E-state index contributed by atoms with van der Waals surface area (Å²) in [7, 11) is 2.90. The maximum absolute atomic E-state index is 12.6. The zero-order valence-corrected chi connectivity index (χ0v) is 14.6. The summed E-state index contributed by atoms with van der Waals surface area (Å²) in [5, 5.41) is 1.09. The van der Waals surface area contributed by atoms with E-state index < -0.39 is 5.92 Å². The van der Waals surface area contributed by atoms with Crippen molar-refractivity contribution in [2.24, 2.45) is 5.92 Å². The van der Waals surface area contributed by atoms with Gasteiger partial charge in [0, 0.05) is 7.05 Å². The molecule has 0 aromatic heterocycles. The summed E-state index contributed by atoms with van der Waals surface area (Å²) in [4.78, 5) is 30.0.